The number of hydrogen-bond acceptors (Lipinski definition) is 7. The van der Waals surface area contributed by atoms with Gasteiger partial charge in [-0.05, 0) is 73.0 Å². The molecule has 0 fully saturated rings. The number of pyridine rings is 1. The van der Waals surface area contributed by atoms with E-state index in [2.05, 4.69) is 46.7 Å². The molecule has 1 heterocycles. The first-order chi connectivity index (χ1) is 22.2. The van der Waals surface area contributed by atoms with Gasteiger partial charge in [0, 0.05) is 24.3 Å². The minimum absolute atomic E-state index is 0. The summed E-state index contributed by atoms with van der Waals surface area (Å²) in [5, 5.41) is 3.47. The number of unbranched alkanes of at least 4 members (excludes halogenated alkanes) is 3. The molecule has 0 bridgehead atoms. The monoisotopic (exact) mass is 717 g/mol. The van der Waals surface area contributed by atoms with Crippen molar-refractivity contribution in [3.63, 3.8) is 0 Å². The smallest absolute Gasteiger partial charge is 0.257 e. The van der Waals surface area contributed by atoms with Crippen molar-refractivity contribution in [3.8, 4) is 23.1 Å². The summed E-state index contributed by atoms with van der Waals surface area (Å²) < 4.78 is 23.9. The molecule has 0 saturated carbocycles. The molecule has 0 amide bonds. The maximum absolute atomic E-state index is 6.74. The van der Waals surface area contributed by atoms with E-state index in [9.17, 15) is 0 Å². The Bertz CT molecular complexity index is 1450. The van der Waals surface area contributed by atoms with Gasteiger partial charge in [-0.1, -0.05) is 86.0 Å². The molecule has 1 aliphatic rings. The molecule has 10 heteroatoms. The van der Waals surface area contributed by atoms with Crippen LogP contribution >= 0.6 is 37.2 Å². The number of nitrogens with zero attached hydrogens (tertiary/aromatic N) is 1. The van der Waals surface area contributed by atoms with Crippen LogP contribution in [0.15, 0.2) is 91.1 Å². The van der Waals surface area contributed by atoms with E-state index in [4.69, 9.17) is 24.7 Å². The molecule has 5 rings (SSSR count). The largest absolute Gasteiger partial charge is 0.491 e. The summed E-state index contributed by atoms with van der Waals surface area (Å²) in [4.78, 5) is 4.23. The Morgan fingerprint density at radius 1 is 0.729 bits per heavy atom. The fraction of sp³-hybridized carbons (Fsp3) is 0.395. The lowest BCUT2D eigenvalue weighted by Gasteiger charge is -2.33. The third-order valence-corrected chi connectivity index (χ3v) is 8.46. The van der Waals surface area contributed by atoms with Crippen LogP contribution in [0.4, 0.5) is 0 Å². The van der Waals surface area contributed by atoms with Crippen LogP contribution in [0, 0.1) is 0 Å². The van der Waals surface area contributed by atoms with E-state index in [1.165, 1.54) is 24.0 Å². The number of rotatable bonds is 18. The topological polar surface area (TPSA) is 87.9 Å². The number of ether oxygens (including phenoxy) is 4. The van der Waals surface area contributed by atoms with Crippen LogP contribution in [-0.2, 0) is 19.6 Å². The Hall–Kier alpha value is -3.20. The summed E-state index contributed by atoms with van der Waals surface area (Å²) in [5.74, 6) is 3.20. The number of methoxy groups -OCH3 is 1. The molecule has 262 valence electrons. The highest BCUT2D eigenvalue weighted by atomic mass is 35.5. The molecule has 0 saturated heterocycles. The molecule has 1 aromatic heterocycles. The van der Waals surface area contributed by atoms with Gasteiger partial charge in [-0.2, -0.15) is 0 Å². The second-order valence-electron chi connectivity index (χ2n) is 11.6. The molecule has 2 atom stereocenters. The number of halogens is 3. The van der Waals surface area contributed by atoms with Gasteiger partial charge in [-0.25, -0.2) is 4.98 Å². The predicted molar refractivity (Wildman–Crippen MR) is 201 cm³/mol. The third-order valence-electron chi connectivity index (χ3n) is 8.46. The average Bonchev–Trinajstić information content (AvgIpc) is 3.09. The molecule has 0 aliphatic heterocycles. The molecule has 1 aliphatic carbocycles. The molecule has 48 heavy (non-hydrogen) atoms. The average molecular weight is 719 g/mol. The Kier molecular flexibility index (Phi) is 19.2. The lowest BCUT2D eigenvalue weighted by atomic mass is 9.76. The SMILES string of the molecule is COc1cccnc1OCCNCCCCCCC1c2ccc(OCc3ccccc3)c(OCc3ccccc3)c2CCC1N.Cl.Cl.Cl. The van der Waals surface area contributed by atoms with Gasteiger partial charge >= 0.3 is 0 Å². The van der Waals surface area contributed by atoms with E-state index in [0.717, 1.165) is 67.8 Å². The predicted octanol–water partition coefficient (Wildman–Crippen LogP) is 8.49. The number of nitrogens with one attached hydrogen (secondary N) is 1. The standard InChI is InChI=1S/C38H47N3O4.3ClH/c1-42-36-18-12-24-41-38(36)43-26-25-40-23-11-3-2-10-17-32-31-20-22-35(44-27-29-13-6-4-7-14-29)37(33(31)19-21-34(32)39)45-28-30-15-8-5-9-16-30;;;/h4-9,12-16,18,20,22,24,32,34,40H,2-3,10-11,17,19,21,23,25-28,39H2,1H3;3*1H. The lowest BCUT2D eigenvalue weighted by Crippen LogP contribution is -2.33. The first kappa shape index (κ1) is 41.0. The first-order valence-electron chi connectivity index (χ1n) is 16.3. The normalized spacial score (nSPS) is 14.7. The zero-order chi connectivity index (χ0) is 31.1. The number of aromatic nitrogens is 1. The van der Waals surface area contributed by atoms with Crippen molar-refractivity contribution in [2.45, 2.75) is 70.1 Å². The Morgan fingerprint density at radius 3 is 2.12 bits per heavy atom. The minimum Gasteiger partial charge on any atom is -0.491 e. The summed E-state index contributed by atoms with van der Waals surface area (Å²) in [6.45, 7) is 3.32. The van der Waals surface area contributed by atoms with Crippen molar-refractivity contribution in [2.75, 3.05) is 26.8 Å². The van der Waals surface area contributed by atoms with E-state index >= 15 is 0 Å². The fourth-order valence-corrected chi connectivity index (χ4v) is 6.03. The zero-order valence-corrected chi connectivity index (χ0v) is 30.1. The van der Waals surface area contributed by atoms with E-state index in [1.54, 1.807) is 13.3 Å². The second kappa shape index (κ2) is 22.4. The Labute approximate surface area is 304 Å². The molecule has 3 aromatic carbocycles. The van der Waals surface area contributed by atoms with Crippen molar-refractivity contribution >= 4 is 37.2 Å². The van der Waals surface area contributed by atoms with E-state index in [0.29, 0.717) is 37.4 Å². The number of hydrogen-bond donors (Lipinski definition) is 2. The molecular weight excluding hydrogens is 669 g/mol. The van der Waals surface area contributed by atoms with Gasteiger partial charge in [-0.15, -0.1) is 37.2 Å². The number of fused-ring (bicyclic) bond motifs is 1. The first-order valence-corrected chi connectivity index (χ1v) is 16.3. The summed E-state index contributed by atoms with van der Waals surface area (Å²) >= 11 is 0. The Balaban J connectivity index is 0.00000267. The minimum atomic E-state index is 0. The quantitative estimate of drug-likeness (QED) is 0.0998. The second-order valence-corrected chi connectivity index (χ2v) is 11.6. The van der Waals surface area contributed by atoms with Crippen molar-refractivity contribution < 1.29 is 18.9 Å². The fourth-order valence-electron chi connectivity index (χ4n) is 6.03. The molecule has 7 nitrogen and oxygen atoms in total. The van der Waals surface area contributed by atoms with Crippen LogP contribution in [0.1, 0.15) is 66.7 Å². The zero-order valence-electron chi connectivity index (χ0n) is 27.7. The van der Waals surface area contributed by atoms with Gasteiger partial charge in [0.2, 0.25) is 0 Å². The molecular formula is C38H50Cl3N3O4. The van der Waals surface area contributed by atoms with E-state index in [-0.39, 0.29) is 43.3 Å². The van der Waals surface area contributed by atoms with Crippen molar-refractivity contribution in [1.82, 2.24) is 10.3 Å². The van der Waals surface area contributed by atoms with Crippen LogP contribution in [0.5, 0.6) is 23.1 Å². The highest BCUT2D eigenvalue weighted by molar-refractivity contribution is 5.86. The maximum Gasteiger partial charge on any atom is 0.257 e. The summed E-state index contributed by atoms with van der Waals surface area (Å²) in [6.07, 6.45) is 9.34. The summed E-state index contributed by atoms with van der Waals surface area (Å²) in [5.41, 5.74) is 11.6. The van der Waals surface area contributed by atoms with Crippen molar-refractivity contribution in [2.24, 2.45) is 5.73 Å². The van der Waals surface area contributed by atoms with E-state index < -0.39 is 0 Å². The molecule has 0 spiro atoms. The molecule has 3 N–H and O–H groups in total. The molecule has 2 unspecified atom stereocenters. The highest BCUT2D eigenvalue weighted by Gasteiger charge is 2.30. The lowest BCUT2D eigenvalue weighted by molar-refractivity contribution is 0.251. The van der Waals surface area contributed by atoms with Crippen molar-refractivity contribution in [1.29, 1.82) is 0 Å². The van der Waals surface area contributed by atoms with Gasteiger partial charge in [0.15, 0.2) is 17.2 Å². The number of nitrogens with two attached hydrogens (primary N) is 1. The van der Waals surface area contributed by atoms with Crippen LogP contribution in [-0.4, -0.2) is 37.8 Å². The summed E-state index contributed by atoms with van der Waals surface area (Å²) in [6, 6.07) is 28.8. The van der Waals surface area contributed by atoms with Gasteiger partial charge in [-0.3, -0.25) is 0 Å². The molecule has 0 radical (unpaired) electrons. The van der Waals surface area contributed by atoms with Crippen LogP contribution in [0.25, 0.3) is 0 Å². The third kappa shape index (κ3) is 12.0. The van der Waals surface area contributed by atoms with Gasteiger partial charge in [0.1, 0.15) is 19.8 Å². The highest BCUT2D eigenvalue weighted by Crippen LogP contribution is 2.44. The number of benzene rings is 3. The van der Waals surface area contributed by atoms with E-state index in [1.807, 2.05) is 48.5 Å². The maximum atomic E-state index is 6.74. The Morgan fingerprint density at radius 2 is 1.42 bits per heavy atom. The summed E-state index contributed by atoms with van der Waals surface area (Å²) in [7, 11) is 1.63. The van der Waals surface area contributed by atoms with Crippen LogP contribution < -0.4 is 30.0 Å². The molecule has 4 aromatic rings. The van der Waals surface area contributed by atoms with Gasteiger partial charge < -0.3 is 30.0 Å². The van der Waals surface area contributed by atoms with Crippen molar-refractivity contribution in [3.05, 3.63) is 113 Å². The van der Waals surface area contributed by atoms with Crippen LogP contribution in [0.2, 0.25) is 0 Å². The van der Waals surface area contributed by atoms with Gasteiger partial charge in [0.25, 0.3) is 5.88 Å². The van der Waals surface area contributed by atoms with Crippen LogP contribution in [0.3, 0.4) is 0 Å². The van der Waals surface area contributed by atoms with Gasteiger partial charge in [0.05, 0.1) is 7.11 Å².